The largest absolute Gasteiger partial charge is 0.340 e. The fourth-order valence-electron chi connectivity index (χ4n) is 3.39. The third kappa shape index (κ3) is 5.17. The second-order valence-corrected chi connectivity index (χ2v) is 8.00. The Bertz CT molecular complexity index is 775. The van der Waals surface area contributed by atoms with Crippen LogP contribution < -0.4 is 5.32 Å². The Morgan fingerprint density at radius 1 is 1.11 bits per heavy atom. The fourth-order valence-corrected chi connectivity index (χ4v) is 4.02. The van der Waals surface area contributed by atoms with Crippen LogP contribution >= 0.6 is 11.3 Å². The van der Waals surface area contributed by atoms with Crippen molar-refractivity contribution < 1.29 is 9.59 Å². The zero-order valence-electron chi connectivity index (χ0n) is 16.0. The zero-order chi connectivity index (χ0) is 19.2. The van der Waals surface area contributed by atoms with Gasteiger partial charge in [-0.25, -0.2) is 0 Å². The van der Waals surface area contributed by atoms with E-state index in [0.717, 1.165) is 32.6 Å². The highest BCUT2D eigenvalue weighted by Crippen LogP contribution is 2.14. The maximum Gasteiger partial charge on any atom is 0.261 e. The molecule has 3 rings (SSSR count). The lowest BCUT2D eigenvalue weighted by Crippen LogP contribution is -2.47. The zero-order valence-corrected chi connectivity index (χ0v) is 16.8. The van der Waals surface area contributed by atoms with Crippen molar-refractivity contribution in [2.24, 2.45) is 0 Å². The maximum atomic E-state index is 12.8. The summed E-state index contributed by atoms with van der Waals surface area (Å²) in [6.07, 6.45) is 0.948. The first-order valence-corrected chi connectivity index (χ1v) is 10.3. The van der Waals surface area contributed by atoms with Crippen molar-refractivity contribution in [3.63, 3.8) is 0 Å². The van der Waals surface area contributed by atoms with Gasteiger partial charge in [-0.1, -0.05) is 30.3 Å². The second-order valence-electron chi connectivity index (χ2n) is 7.05. The number of hydrogen-bond donors (Lipinski definition) is 1. The predicted octanol–water partition coefficient (Wildman–Crippen LogP) is 2.91. The van der Waals surface area contributed by atoms with Gasteiger partial charge in [0.1, 0.15) is 6.04 Å². The van der Waals surface area contributed by atoms with E-state index in [1.807, 2.05) is 16.3 Å². The van der Waals surface area contributed by atoms with E-state index in [0.29, 0.717) is 11.4 Å². The highest BCUT2D eigenvalue weighted by atomic mass is 32.1. The molecule has 1 atom stereocenters. The van der Waals surface area contributed by atoms with Gasteiger partial charge in [0.25, 0.3) is 5.91 Å². The summed E-state index contributed by atoms with van der Waals surface area (Å²) >= 11 is 1.38. The summed E-state index contributed by atoms with van der Waals surface area (Å²) in [6.45, 7) is 8.09. The van der Waals surface area contributed by atoms with Gasteiger partial charge in [-0.2, -0.15) is 0 Å². The molecule has 2 amide bonds. The number of benzene rings is 1. The Morgan fingerprint density at radius 3 is 2.67 bits per heavy atom. The highest BCUT2D eigenvalue weighted by Gasteiger charge is 2.25. The maximum absolute atomic E-state index is 12.8. The number of carbonyl (C=O) groups excluding carboxylic acids is 2. The number of nitrogens with one attached hydrogen (secondary N) is 1. The van der Waals surface area contributed by atoms with Crippen LogP contribution in [-0.4, -0.2) is 53.8 Å². The second kappa shape index (κ2) is 9.15. The molecular formula is C21H27N3O2S. The lowest BCUT2D eigenvalue weighted by Gasteiger charge is -2.25. The van der Waals surface area contributed by atoms with Crippen molar-refractivity contribution >= 4 is 23.2 Å². The molecule has 27 heavy (non-hydrogen) atoms. The van der Waals surface area contributed by atoms with Gasteiger partial charge in [0, 0.05) is 32.7 Å². The molecule has 1 aromatic heterocycles. The van der Waals surface area contributed by atoms with Crippen molar-refractivity contribution in [2.75, 3.05) is 26.2 Å². The number of amides is 2. The van der Waals surface area contributed by atoms with E-state index in [2.05, 4.69) is 41.4 Å². The average Bonchev–Trinajstić information content (AvgIpc) is 3.10. The number of hydrogen-bond acceptors (Lipinski definition) is 4. The summed E-state index contributed by atoms with van der Waals surface area (Å²) in [6, 6.07) is 11.5. The van der Waals surface area contributed by atoms with Crippen molar-refractivity contribution in [1.82, 2.24) is 15.1 Å². The van der Waals surface area contributed by atoms with Gasteiger partial charge in [0.05, 0.1) is 4.88 Å². The van der Waals surface area contributed by atoms with Crippen LogP contribution in [-0.2, 0) is 11.3 Å². The van der Waals surface area contributed by atoms with Gasteiger partial charge < -0.3 is 10.2 Å². The Hall–Kier alpha value is -2.18. The van der Waals surface area contributed by atoms with E-state index in [4.69, 9.17) is 0 Å². The van der Waals surface area contributed by atoms with Crippen LogP contribution in [0.3, 0.4) is 0 Å². The first kappa shape index (κ1) is 19.6. The molecule has 1 saturated heterocycles. The predicted molar refractivity (Wildman–Crippen MR) is 109 cm³/mol. The first-order chi connectivity index (χ1) is 13.0. The summed E-state index contributed by atoms with van der Waals surface area (Å²) in [5.74, 6) is -0.181. The van der Waals surface area contributed by atoms with Crippen LogP contribution in [0.4, 0.5) is 0 Å². The van der Waals surface area contributed by atoms with Crippen molar-refractivity contribution in [3.8, 4) is 0 Å². The minimum absolute atomic E-state index is 0.00218. The molecule has 0 aliphatic carbocycles. The molecule has 0 spiro atoms. The Morgan fingerprint density at radius 2 is 1.93 bits per heavy atom. The topological polar surface area (TPSA) is 52.6 Å². The quantitative estimate of drug-likeness (QED) is 0.861. The number of rotatable bonds is 5. The van der Waals surface area contributed by atoms with Crippen molar-refractivity contribution in [2.45, 2.75) is 32.9 Å². The van der Waals surface area contributed by atoms with E-state index in [-0.39, 0.29) is 11.8 Å². The van der Waals surface area contributed by atoms with Crippen LogP contribution in [0.15, 0.2) is 41.8 Å². The number of carbonyl (C=O) groups is 2. The molecule has 1 aromatic carbocycles. The molecule has 0 saturated carbocycles. The van der Waals surface area contributed by atoms with Gasteiger partial charge in [-0.15, -0.1) is 11.3 Å². The van der Waals surface area contributed by atoms with Crippen LogP contribution in [0.2, 0.25) is 0 Å². The minimum atomic E-state index is -0.512. The summed E-state index contributed by atoms with van der Waals surface area (Å²) in [5, 5.41) is 4.69. The number of nitrogens with zero attached hydrogens (tertiary/aromatic N) is 2. The van der Waals surface area contributed by atoms with E-state index >= 15 is 0 Å². The van der Waals surface area contributed by atoms with E-state index in [1.54, 1.807) is 13.0 Å². The molecule has 1 aliphatic heterocycles. The Labute approximate surface area is 165 Å². The van der Waals surface area contributed by atoms with Crippen LogP contribution in [0.5, 0.6) is 0 Å². The van der Waals surface area contributed by atoms with Crippen LogP contribution in [0.1, 0.15) is 34.1 Å². The molecule has 1 aliphatic rings. The summed E-state index contributed by atoms with van der Waals surface area (Å²) in [4.78, 5) is 29.9. The van der Waals surface area contributed by atoms with E-state index in [9.17, 15) is 9.59 Å². The number of thiophene rings is 1. The Balaban J connectivity index is 1.53. The van der Waals surface area contributed by atoms with Gasteiger partial charge in [-0.3, -0.25) is 14.5 Å². The monoisotopic (exact) mass is 385 g/mol. The molecule has 144 valence electrons. The lowest BCUT2D eigenvalue weighted by molar-refractivity contribution is -0.132. The van der Waals surface area contributed by atoms with E-state index in [1.165, 1.54) is 22.5 Å². The first-order valence-electron chi connectivity index (χ1n) is 9.44. The summed E-state index contributed by atoms with van der Waals surface area (Å²) < 4.78 is 0. The van der Waals surface area contributed by atoms with E-state index < -0.39 is 6.04 Å². The van der Waals surface area contributed by atoms with Crippen LogP contribution in [0.25, 0.3) is 0 Å². The minimum Gasteiger partial charge on any atom is -0.340 e. The molecule has 2 heterocycles. The van der Waals surface area contributed by atoms with Gasteiger partial charge in [0.15, 0.2) is 0 Å². The molecule has 1 fully saturated rings. The fraction of sp³-hybridized carbons (Fsp3) is 0.429. The molecule has 0 unspecified atom stereocenters. The average molecular weight is 386 g/mol. The molecule has 2 aromatic rings. The molecule has 6 heteroatoms. The summed E-state index contributed by atoms with van der Waals surface area (Å²) in [7, 11) is 0. The van der Waals surface area contributed by atoms with Gasteiger partial charge >= 0.3 is 0 Å². The van der Waals surface area contributed by atoms with Gasteiger partial charge in [-0.05, 0) is 42.8 Å². The van der Waals surface area contributed by atoms with Gasteiger partial charge in [0.2, 0.25) is 5.91 Å². The molecule has 5 nitrogen and oxygen atoms in total. The SMILES string of the molecule is Cc1ccccc1CN1CCCN(C(=O)[C@H](C)NC(=O)c2cccs2)CC1. The number of aryl methyl sites for hydroxylation is 1. The lowest BCUT2D eigenvalue weighted by atomic mass is 10.1. The third-order valence-electron chi connectivity index (χ3n) is 5.02. The smallest absolute Gasteiger partial charge is 0.261 e. The highest BCUT2D eigenvalue weighted by molar-refractivity contribution is 7.12. The normalized spacial score (nSPS) is 16.6. The van der Waals surface area contributed by atoms with Crippen LogP contribution in [0, 0.1) is 6.92 Å². The molecule has 1 N–H and O–H groups in total. The standard InChI is InChI=1S/C21H27N3O2S/c1-16-7-3-4-8-18(16)15-23-10-6-11-24(13-12-23)21(26)17(2)22-20(25)19-9-5-14-27-19/h3-5,7-9,14,17H,6,10-13,15H2,1-2H3,(H,22,25)/t17-/m0/s1. The molecule has 0 radical (unpaired) electrons. The third-order valence-corrected chi connectivity index (χ3v) is 5.89. The van der Waals surface area contributed by atoms with Crippen molar-refractivity contribution in [1.29, 1.82) is 0 Å². The molecular weight excluding hydrogens is 358 g/mol. The van der Waals surface area contributed by atoms with Crippen molar-refractivity contribution in [3.05, 3.63) is 57.8 Å². The Kier molecular flexibility index (Phi) is 6.63. The molecule has 0 bridgehead atoms. The summed E-state index contributed by atoms with van der Waals surface area (Å²) in [5.41, 5.74) is 2.65.